The molecule has 1 aromatic rings. The summed E-state index contributed by atoms with van der Waals surface area (Å²) in [5.41, 5.74) is 1.44. The third kappa shape index (κ3) is 4.59. The van der Waals surface area contributed by atoms with Gasteiger partial charge in [-0.25, -0.2) is 0 Å². The van der Waals surface area contributed by atoms with Gasteiger partial charge in [0.1, 0.15) is 0 Å². The van der Waals surface area contributed by atoms with E-state index >= 15 is 0 Å². The van der Waals surface area contributed by atoms with E-state index in [0.29, 0.717) is 11.6 Å². The van der Waals surface area contributed by atoms with Crippen molar-refractivity contribution in [1.82, 2.24) is 4.90 Å². The van der Waals surface area contributed by atoms with Crippen LogP contribution in [-0.4, -0.2) is 29.8 Å². The molecule has 4 nitrogen and oxygen atoms in total. The Bertz CT molecular complexity index is 543. The van der Waals surface area contributed by atoms with Gasteiger partial charge >= 0.3 is 0 Å². The molecule has 2 rings (SSSR count). The van der Waals surface area contributed by atoms with Crippen LogP contribution < -0.4 is 5.32 Å². The van der Waals surface area contributed by atoms with Crippen LogP contribution in [0.3, 0.4) is 0 Å². The van der Waals surface area contributed by atoms with Crippen molar-refractivity contribution in [3.05, 3.63) is 29.8 Å². The number of benzene rings is 1. The lowest BCUT2D eigenvalue weighted by molar-refractivity contribution is -0.120. The van der Waals surface area contributed by atoms with Crippen molar-refractivity contribution >= 4 is 17.5 Å². The van der Waals surface area contributed by atoms with Crippen LogP contribution in [0, 0.1) is 5.92 Å². The summed E-state index contributed by atoms with van der Waals surface area (Å²) in [5.74, 6) is 0.168. The standard InChI is InChI=1S/C20H30N2O2/c1-4-15(5-2)19(23)21-17-13-11-16(12-14-17)20(24)22(3)18-9-7-6-8-10-18/h11-15,18H,4-10H2,1-3H3,(H,21,23). The smallest absolute Gasteiger partial charge is 0.253 e. The molecule has 1 aromatic carbocycles. The highest BCUT2D eigenvalue weighted by atomic mass is 16.2. The van der Waals surface area contributed by atoms with Gasteiger partial charge in [-0.05, 0) is 49.9 Å². The average Bonchev–Trinajstić information content (AvgIpc) is 2.63. The van der Waals surface area contributed by atoms with Gasteiger partial charge in [0.15, 0.2) is 0 Å². The number of hydrogen-bond acceptors (Lipinski definition) is 2. The Morgan fingerprint density at radius 3 is 2.21 bits per heavy atom. The zero-order chi connectivity index (χ0) is 17.5. The van der Waals surface area contributed by atoms with Crippen LogP contribution in [0.1, 0.15) is 69.2 Å². The first-order valence-electron chi connectivity index (χ1n) is 9.24. The minimum absolute atomic E-state index is 0.0451. The van der Waals surface area contributed by atoms with E-state index in [9.17, 15) is 9.59 Å². The molecule has 0 bridgehead atoms. The fourth-order valence-corrected chi connectivity index (χ4v) is 3.44. The lowest BCUT2D eigenvalue weighted by atomic mass is 9.94. The predicted octanol–water partition coefficient (Wildman–Crippen LogP) is 4.47. The van der Waals surface area contributed by atoms with E-state index in [1.54, 1.807) is 0 Å². The SMILES string of the molecule is CCC(CC)C(=O)Nc1ccc(C(=O)N(C)C2CCCCC2)cc1. The van der Waals surface area contributed by atoms with E-state index in [1.165, 1.54) is 19.3 Å². The number of nitrogens with zero attached hydrogens (tertiary/aromatic N) is 1. The minimum atomic E-state index is 0.0451. The zero-order valence-corrected chi connectivity index (χ0v) is 15.2. The molecule has 0 saturated heterocycles. The van der Waals surface area contributed by atoms with Crippen molar-refractivity contribution in [2.24, 2.45) is 5.92 Å². The summed E-state index contributed by atoms with van der Waals surface area (Å²) in [6.07, 6.45) is 7.59. The molecule has 0 spiro atoms. The third-order valence-corrected chi connectivity index (χ3v) is 5.20. The summed E-state index contributed by atoms with van der Waals surface area (Å²) < 4.78 is 0. The topological polar surface area (TPSA) is 49.4 Å². The number of carbonyl (C=O) groups is 2. The van der Waals surface area contributed by atoms with Gasteiger partial charge in [-0.2, -0.15) is 0 Å². The lowest BCUT2D eigenvalue weighted by Crippen LogP contribution is -2.38. The molecule has 0 heterocycles. The highest BCUT2D eigenvalue weighted by molar-refractivity contribution is 5.96. The summed E-state index contributed by atoms with van der Waals surface area (Å²) >= 11 is 0. The number of nitrogens with one attached hydrogen (secondary N) is 1. The Balaban J connectivity index is 1.97. The van der Waals surface area contributed by atoms with Gasteiger partial charge in [0.25, 0.3) is 5.91 Å². The van der Waals surface area contributed by atoms with Crippen molar-refractivity contribution in [3.8, 4) is 0 Å². The summed E-state index contributed by atoms with van der Waals surface area (Å²) in [5, 5.41) is 2.94. The molecule has 1 N–H and O–H groups in total. The molecule has 0 aliphatic heterocycles. The van der Waals surface area contributed by atoms with Crippen LogP contribution in [0.4, 0.5) is 5.69 Å². The van der Waals surface area contributed by atoms with Crippen LogP contribution >= 0.6 is 0 Å². The van der Waals surface area contributed by atoms with Gasteiger partial charge < -0.3 is 10.2 Å². The molecule has 0 atom stereocenters. The Kier molecular flexibility index (Phi) is 6.83. The van der Waals surface area contributed by atoms with Gasteiger partial charge in [0, 0.05) is 30.3 Å². The number of amides is 2. The van der Waals surface area contributed by atoms with E-state index < -0.39 is 0 Å². The largest absolute Gasteiger partial charge is 0.339 e. The first kappa shape index (κ1) is 18.5. The van der Waals surface area contributed by atoms with Crippen molar-refractivity contribution < 1.29 is 9.59 Å². The number of hydrogen-bond donors (Lipinski definition) is 1. The first-order valence-corrected chi connectivity index (χ1v) is 9.24. The molecule has 1 saturated carbocycles. The second-order valence-corrected chi connectivity index (χ2v) is 6.79. The van der Waals surface area contributed by atoms with E-state index in [1.807, 2.05) is 50.1 Å². The molecular weight excluding hydrogens is 300 g/mol. The summed E-state index contributed by atoms with van der Waals surface area (Å²) in [4.78, 5) is 26.6. The maximum absolute atomic E-state index is 12.6. The fraction of sp³-hybridized carbons (Fsp3) is 0.600. The number of anilines is 1. The minimum Gasteiger partial charge on any atom is -0.339 e. The van der Waals surface area contributed by atoms with Crippen LogP contribution in [0.5, 0.6) is 0 Å². The molecule has 0 radical (unpaired) electrons. The van der Waals surface area contributed by atoms with E-state index in [4.69, 9.17) is 0 Å². The molecule has 24 heavy (non-hydrogen) atoms. The monoisotopic (exact) mass is 330 g/mol. The van der Waals surface area contributed by atoms with Crippen LogP contribution in [0.2, 0.25) is 0 Å². The van der Waals surface area contributed by atoms with Crippen LogP contribution in [0.25, 0.3) is 0 Å². The Morgan fingerprint density at radius 2 is 1.67 bits per heavy atom. The quantitative estimate of drug-likeness (QED) is 0.837. The average molecular weight is 330 g/mol. The second-order valence-electron chi connectivity index (χ2n) is 6.79. The normalized spacial score (nSPS) is 15.3. The third-order valence-electron chi connectivity index (χ3n) is 5.20. The molecular formula is C20H30N2O2. The molecule has 2 amide bonds. The van der Waals surface area contributed by atoms with Crippen molar-refractivity contribution in [2.45, 2.75) is 64.8 Å². The van der Waals surface area contributed by atoms with E-state index in [2.05, 4.69) is 5.32 Å². The Morgan fingerprint density at radius 1 is 1.08 bits per heavy atom. The Labute approximate surface area is 145 Å². The second kappa shape index (κ2) is 8.86. The lowest BCUT2D eigenvalue weighted by Gasteiger charge is -2.31. The molecule has 1 fully saturated rings. The van der Waals surface area contributed by atoms with Crippen LogP contribution in [0.15, 0.2) is 24.3 Å². The van der Waals surface area contributed by atoms with Gasteiger partial charge in [-0.15, -0.1) is 0 Å². The van der Waals surface area contributed by atoms with E-state index in [0.717, 1.165) is 31.4 Å². The molecule has 0 aromatic heterocycles. The van der Waals surface area contributed by atoms with Gasteiger partial charge in [-0.1, -0.05) is 33.1 Å². The van der Waals surface area contributed by atoms with Gasteiger partial charge in [0.2, 0.25) is 5.91 Å². The highest BCUT2D eigenvalue weighted by Crippen LogP contribution is 2.23. The number of carbonyl (C=O) groups excluding carboxylic acids is 2. The summed E-state index contributed by atoms with van der Waals surface area (Å²) in [6, 6.07) is 7.62. The molecule has 0 unspecified atom stereocenters. The fourth-order valence-electron chi connectivity index (χ4n) is 3.44. The van der Waals surface area contributed by atoms with Crippen molar-refractivity contribution in [2.75, 3.05) is 12.4 Å². The molecule has 4 heteroatoms. The molecule has 1 aliphatic rings. The highest BCUT2D eigenvalue weighted by Gasteiger charge is 2.23. The predicted molar refractivity (Wildman–Crippen MR) is 98.1 cm³/mol. The first-order chi connectivity index (χ1) is 11.6. The van der Waals surface area contributed by atoms with Crippen LogP contribution in [-0.2, 0) is 4.79 Å². The van der Waals surface area contributed by atoms with E-state index in [-0.39, 0.29) is 17.7 Å². The summed E-state index contributed by atoms with van der Waals surface area (Å²) in [7, 11) is 1.90. The molecule has 1 aliphatic carbocycles. The van der Waals surface area contributed by atoms with Crippen molar-refractivity contribution in [1.29, 1.82) is 0 Å². The van der Waals surface area contributed by atoms with Crippen molar-refractivity contribution in [3.63, 3.8) is 0 Å². The number of rotatable bonds is 6. The molecule has 132 valence electrons. The maximum Gasteiger partial charge on any atom is 0.253 e. The maximum atomic E-state index is 12.6. The summed E-state index contributed by atoms with van der Waals surface area (Å²) in [6.45, 7) is 4.05. The van der Waals surface area contributed by atoms with Gasteiger partial charge in [-0.3, -0.25) is 9.59 Å². The Hall–Kier alpha value is -1.84. The van der Waals surface area contributed by atoms with Gasteiger partial charge in [0.05, 0.1) is 0 Å². The zero-order valence-electron chi connectivity index (χ0n) is 15.2.